The lowest BCUT2D eigenvalue weighted by Gasteiger charge is -2.27. The summed E-state index contributed by atoms with van der Waals surface area (Å²) in [4.78, 5) is 13.6. The van der Waals surface area contributed by atoms with Crippen LogP contribution in [-0.4, -0.2) is 12.5 Å². The first-order valence-corrected chi connectivity index (χ1v) is 9.56. The summed E-state index contributed by atoms with van der Waals surface area (Å²) in [6.45, 7) is 3.91. The largest absolute Gasteiger partial charge is 0.317 e. The highest BCUT2D eigenvalue weighted by atomic mass is 32.1. The van der Waals surface area contributed by atoms with Crippen LogP contribution in [0.4, 0.5) is 5.00 Å². The number of nitrogens with zero attached hydrogens (tertiary/aromatic N) is 1. The molecule has 2 aliphatic rings. The van der Waals surface area contributed by atoms with Crippen LogP contribution in [0.3, 0.4) is 0 Å². The molecule has 0 radical (unpaired) electrons. The van der Waals surface area contributed by atoms with Crippen LogP contribution < -0.4 is 10.6 Å². The second kappa shape index (κ2) is 7.46. The van der Waals surface area contributed by atoms with Gasteiger partial charge in [0.05, 0.1) is 5.56 Å². The van der Waals surface area contributed by atoms with Gasteiger partial charge in [0.1, 0.15) is 11.1 Å². The quantitative estimate of drug-likeness (QED) is 0.882. The van der Waals surface area contributed by atoms with Gasteiger partial charge in [0, 0.05) is 17.8 Å². The normalized spacial score (nSPS) is 19.7. The maximum absolute atomic E-state index is 12.4. The Morgan fingerprint density at radius 2 is 2.22 bits per heavy atom. The van der Waals surface area contributed by atoms with Crippen molar-refractivity contribution in [3.8, 4) is 6.07 Å². The minimum Gasteiger partial charge on any atom is -0.317 e. The maximum atomic E-state index is 12.4. The van der Waals surface area contributed by atoms with Crippen molar-refractivity contribution in [2.45, 2.75) is 58.4 Å². The molecule has 1 atom stereocenters. The number of hydrogen-bond acceptors (Lipinski definition) is 4. The minimum absolute atomic E-state index is 0.0612. The second-order valence-electron chi connectivity index (χ2n) is 6.87. The summed E-state index contributed by atoms with van der Waals surface area (Å²) in [5, 5.41) is 16.5. The standard InChI is InChI=1S/C18H25N3OS/c1-12(13-5-3-2-4-6-13)9-17(22)21-18-15(10-19)14-7-8-20-11-16(14)23-18/h12-13,20H,2-9,11H2,1H3,(H,21,22). The van der Waals surface area contributed by atoms with Crippen LogP contribution in [0.2, 0.25) is 0 Å². The Balaban J connectivity index is 1.63. The van der Waals surface area contributed by atoms with Gasteiger partial charge >= 0.3 is 0 Å². The molecule has 1 unspecified atom stereocenters. The van der Waals surface area contributed by atoms with Crippen molar-refractivity contribution >= 4 is 22.2 Å². The Hall–Kier alpha value is -1.38. The molecular formula is C18H25N3OS. The molecule has 0 bridgehead atoms. The van der Waals surface area contributed by atoms with Crippen molar-refractivity contribution in [1.82, 2.24) is 5.32 Å². The Bertz CT molecular complexity index is 611. The van der Waals surface area contributed by atoms with Gasteiger partial charge in [-0.2, -0.15) is 5.26 Å². The molecule has 1 amide bonds. The molecule has 3 rings (SSSR count). The molecule has 1 aliphatic heterocycles. The van der Waals surface area contributed by atoms with E-state index in [9.17, 15) is 10.1 Å². The molecule has 1 aromatic heterocycles. The predicted octanol–water partition coefficient (Wildman–Crippen LogP) is 3.81. The van der Waals surface area contributed by atoms with E-state index in [1.54, 1.807) is 11.3 Å². The lowest BCUT2D eigenvalue weighted by Crippen LogP contribution is -2.22. The summed E-state index contributed by atoms with van der Waals surface area (Å²) < 4.78 is 0. The van der Waals surface area contributed by atoms with Crippen molar-refractivity contribution in [2.75, 3.05) is 11.9 Å². The highest BCUT2D eigenvalue weighted by molar-refractivity contribution is 7.16. The molecule has 4 nitrogen and oxygen atoms in total. The smallest absolute Gasteiger partial charge is 0.225 e. The van der Waals surface area contributed by atoms with E-state index in [4.69, 9.17) is 0 Å². The predicted molar refractivity (Wildman–Crippen MR) is 93.4 cm³/mol. The van der Waals surface area contributed by atoms with Gasteiger partial charge in [-0.05, 0) is 30.4 Å². The van der Waals surface area contributed by atoms with Crippen LogP contribution in [0, 0.1) is 23.2 Å². The van der Waals surface area contributed by atoms with Gasteiger partial charge in [-0.3, -0.25) is 4.79 Å². The van der Waals surface area contributed by atoms with Crippen LogP contribution in [0.5, 0.6) is 0 Å². The summed E-state index contributed by atoms with van der Waals surface area (Å²) in [6, 6.07) is 2.29. The number of nitriles is 1. The monoisotopic (exact) mass is 331 g/mol. The topological polar surface area (TPSA) is 64.9 Å². The number of fused-ring (bicyclic) bond motifs is 1. The number of carbonyl (C=O) groups is 1. The molecule has 1 aliphatic carbocycles. The number of rotatable bonds is 4. The van der Waals surface area contributed by atoms with Crippen LogP contribution >= 0.6 is 11.3 Å². The number of carbonyl (C=O) groups excluding carboxylic acids is 1. The van der Waals surface area contributed by atoms with E-state index in [2.05, 4.69) is 23.6 Å². The Kier molecular flexibility index (Phi) is 5.34. The van der Waals surface area contributed by atoms with E-state index in [0.717, 1.165) is 30.1 Å². The minimum atomic E-state index is 0.0612. The van der Waals surface area contributed by atoms with Gasteiger partial charge in [0.15, 0.2) is 0 Å². The van der Waals surface area contributed by atoms with Crippen LogP contribution in [0.15, 0.2) is 0 Å². The SMILES string of the molecule is CC(CC(=O)Nc1sc2c(c1C#N)CCNC2)C1CCCCC1. The first-order valence-electron chi connectivity index (χ1n) is 8.74. The molecule has 1 aromatic rings. The molecule has 2 N–H and O–H groups in total. The lowest BCUT2D eigenvalue weighted by atomic mass is 9.79. The fourth-order valence-corrected chi connectivity index (χ4v) is 5.06. The average molecular weight is 331 g/mol. The first-order chi connectivity index (χ1) is 11.2. The van der Waals surface area contributed by atoms with Crippen LogP contribution in [0.1, 0.15) is 61.5 Å². The van der Waals surface area contributed by atoms with Gasteiger partial charge < -0.3 is 10.6 Å². The van der Waals surface area contributed by atoms with Crippen molar-refractivity contribution < 1.29 is 4.79 Å². The molecule has 124 valence electrons. The molecular weight excluding hydrogens is 306 g/mol. The Labute approximate surface area is 142 Å². The first kappa shape index (κ1) is 16.5. The number of nitrogens with one attached hydrogen (secondary N) is 2. The van der Waals surface area contributed by atoms with Crippen LogP contribution in [-0.2, 0) is 17.8 Å². The third-order valence-corrected chi connectivity index (χ3v) is 6.40. The molecule has 1 saturated carbocycles. The zero-order chi connectivity index (χ0) is 16.2. The van der Waals surface area contributed by atoms with Gasteiger partial charge in [-0.15, -0.1) is 11.3 Å². The van der Waals surface area contributed by atoms with Gasteiger partial charge in [0.2, 0.25) is 5.91 Å². The van der Waals surface area contributed by atoms with Crippen LogP contribution in [0.25, 0.3) is 0 Å². The number of anilines is 1. The zero-order valence-corrected chi connectivity index (χ0v) is 14.6. The highest BCUT2D eigenvalue weighted by Crippen LogP contribution is 2.36. The lowest BCUT2D eigenvalue weighted by molar-refractivity contribution is -0.117. The number of hydrogen-bond donors (Lipinski definition) is 2. The van der Waals surface area contributed by atoms with Crippen molar-refractivity contribution in [3.05, 3.63) is 16.0 Å². The molecule has 2 heterocycles. The zero-order valence-electron chi connectivity index (χ0n) is 13.8. The van der Waals surface area contributed by atoms with E-state index in [-0.39, 0.29) is 5.91 Å². The molecule has 5 heteroatoms. The Morgan fingerprint density at radius 1 is 1.43 bits per heavy atom. The van der Waals surface area contributed by atoms with Gasteiger partial charge in [-0.25, -0.2) is 0 Å². The van der Waals surface area contributed by atoms with Gasteiger partial charge in [0.25, 0.3) is 0 Å². The summed E-state index contributed by atoms with van der Waals surface area (Å²) in [6.07, 6.45) is 7.92. The van der Waals surface area contributed by atoms with E-state index in [1.807, 2.05) is 0 Å². The Morgan fingerprint density at radius 3 is 2.96 bits per heavy atom. The summed E-state index contributed by atoms with van der Waals surface area (Å²) in [5.74, 6) is 1.17. The third kappa shape index (κ3) is 3.76. The maximum Gasteiger partial charge on any atom is 0.225 e. The van der Waals surface area contributed by atoms with Gasteiger partial charge in [-0.1, -0.05) is 39.0 Å². The second-order valence-corrected chi connectivity index (χ2v) is 7.98. The molecule has 1 fully saturated rings. The van der Waals surface area contributed by atoms with Crippen molar-refractivity contribution in [1.29, 1.82) is 5.26 Å². The summed E-state index contributed by atoms with van der Waals surface area (Å²) >= 11 is 1.56. The van der Waals surface area contributed by atoms with E-state index < -0.39 is 0 Å². The van der Waals surface area contributed by atoms with E-state index in [1.165, 1.54) is 37.0 Å². The van der Waals surface area contributed by atoms with E-state index in [0.29, 0.717) is 23.8 Å². The molecule has 0 aromatic carbocycles. The highest BCUT2D eigenvalue weighted by Gasteiger charge is 2.24. The fourth-order valence-electron chi connectivity index (χ4n) is 3.88. The fraction of sp³-hybridized carbons (Fsp3) is 0.667. The summed E-state index contributed by atoms with van der Waals surface area (Å²) in [7, 11) is 0. The molecule has 0 saturated heterocycles. The summed E-state index contributed by atoms with van der Waals surface area (Å²) in [5.41, 5.74) is 1.82. The van der Waals surface area contributed by atoms with Crippen molar-refractivity contribution in [2.24, 2.45) is 11.8 Å². The average Bonchev–Trinajstić information content (AvgIpc) is 2.92. The number of thiophene rings is 1. The molecule has 0 spiro atoms. The number of amides is 1. The van der Waals surface area contributed by atoms with E-state index >= 15 is 0 Å². The van der Waals surface area contributed by atoms with Crippen molar-refractivity contribution in [3.63, 3.8) is 0 Å². The molecule has 23 heavy (non-hydrogen) atoms. The third-order valence-electron chi connectivity index (χ3n) is 5.25.